The van der Waals surface area contributed by atoms with E-state index in [1.54, 1.807) is 0 Å². The minimum absolute atomic E-state index is 0.167. The van der Waals surface area contributed by atoms with E-state index in [9.17, 15) is 4.79 Å². The molecule has 1 rings (SSSR count). The van der Waals surface area contributed by atoms with Crippen molar-refractivity contribution in [3.8, 4) is 0 Å². The number of rotatable bonds is 4. The minimum Gasteiger partial charge on any atom is -0.355 e. The van der Waals surface area contributed by atoms with Gasteiger partial charge in [0.15, 0.2) is 0 Å². The van der Waals surface area contributed by atoms with Crippen molar-refractivity contribution >= 4 is 5.91 Å². The maximum Gasteiger partial charge on any atom is 0.220 e. The summed E-state index contributed by atoms with van der Waals surface area (Å²) in [7, 11) is 0. The summed E-state index contributed by atoms with van der Waals surface area (Å²) < 4.78 is 0. The SMILES string of the molecule is C=C\C(=C/C=C\C=C/C)[C@@H]1CCCC(=O)NC1. The highest BCUT2D eigenvalue weighted by atomic mass is 16.1. The van der Waals surface area contributed by atoms with Crippen LogP contribution in [0.5, 0.6) is 0 Å². The van der Waals surface area contributed by atoms with Crippen molar-refractivity contribution in [3.05, 3.63) is 48.6 Å². The fourth-order valence-corrected chi connectivity index (χ4v) is 1.93. The number of nitrogens with one attached hydrogen (secondary N) is 1. The normalized spacial score (nSPS) is 22.8. The van der Waals surface area contributed by atoms with Crippen LogP contribution in [0.2, 0.25) is 0 Å². The lowest BCUT2D eigenvalue weighted by atomic mass is 9.94. The molecule has 17 heavy (non-hydrogen) atoms. The zero-order chi connectivity index (χ0) is 12.5. The lowest BCUT2D eigenvalue weighted by Crippen LogP contribution is -2.26. The van der Waals surface area contributed by atoms with E-state index in [1.165, 1.54) is 5.57 Å². The quantitative estimate of drug-likeness (QED) is 0.740. The van der Waals surface area contributed by atoms with E-state index in [0.717, 1.165) is 19.4 Å². The first kappa shape index (κ1) is 13.5. The molecule has 0 bridgehead atoms. The monoisotopic (exact) mass is 231 g/mol. The summed E-state index contributed by atoms with van der Waals surface area (Å²) in [6.07, 6.45) is 14.6. The van der Waals surface area contributed by atoms with E-state index < -0.39 is 0 Å². The van der Waals surface area contributed by atoms with Crippen molar-refractivity contribution in [3.63, 3.8) is 0 Å². The van der Waals surface area contributed by atoms with E-state index >= 15 is 0 Å². The highest BCUT2D eigenvalue weighted by Crippen LogP contribution is 2.21. The zero-order valence-corrected chi connectivity index (χ0v) is 10.5. The molecule has 92 valence electrons. The lowest BCUT2D eigenvalue weighted by molar-refractivity contribution is -0.120. The summed E-state index contributed by atoms with van der Waals surface area (Å²) in [6, 6.07) is 0. The van der Waals surface area contributed by atoms with Gasteiger partial charge < -0.3 is 5.32 Å². The third kappa shape index (κ3) is 4.85. The standard InChI is InChI=1S/C15H21NO/c1-3-5-6-7-9-13(4-2)14-10-8-11-15(17)16-12-14/h3-7,9,14H,2,8,10-12H2,1H3,(H,16,17)/b5-3-,7-6-,13-9+/t14-/m1/s1. The van der Waals surface area contributed by atoms with E-state index in [2.05, 4.69) is 18.0 Å². The number of hydrogen-bond donors (Lipinski definition) is 1. The summed E-state index contributed by atoms with van der Waals surface area (Å²) >= 11 is 0. The third-order valence-electron chi connectivity index (χ3n) is 2.91. The van der Waals surface area contributed by atoms with Gasteiger partial charge in [-0.3, -0.25) is 4.79 Å². The van der Waals surface area contributed by atoms with Crippen LogP contribution in [0.3, 0.4) is 0 Å². The first-order valence-electron chi connectivity index (χ1n) is 6.16. The molecule has 1 aliphatic heterocycles. The van der Waals surface area contributed by atoms with Gasteiger partial charge in [0.05, 0.1) is 0 Å². The van der Waals surface area contributed by atoms with Crippen LogP contribution >= 0.6 is 0 Å². The van der Waals surface area contributed by atoms with Gasteiger partial charge in [0.1, 0.15) is 0 Å². The van der Waals surface area contributed by atoms with Gasteiger partial charge in [-0.25, -0.2) is 0 Å². The van der Waals surface area contributed by atoms with Crippen LogP contribution in [0.4, 0.5) is 0 Å². The Bertz CT molecular complexity index is 350. The maximum atomic E-state index is 11.3. The van der Waals surface area contributed by atoms with Gasteiger partial charge in [0, 0.05) is 18.9 Å². The Kier molecular flexibility index (Phi) is 6.08. The van der Waals surface area contributed by atoms with Gasteiger partial charge >= 0.3 is 0 Å². The van der Waals surface area contributed by atoms with Crippen molar-refractivity contribution in [2.24, 2.45) is 5.92 Å². The molecule has 1 fully saturated rings. The van der Waals surface area contributed by atoms with Gasteiger partial charge in [-0.15, -0.1) is 0 Å². The van der Waals surface area contributed by atoms with Crippen molar-refractivity contribution in [2.45, 2.75) is 26.2 Å². The number of carbonyl (C=O) groups excluding carboxylic acids is 1. The van der Waals surface area contributed by atoms with Crippen LogP contribution in [0.15, 0.2) is 48.6 Å². The molecule has 1 N–H and O–H groups in total. The van der Waals surface area contributed by atoms with Crippen LogP contribution in [-0.4, -0.2) is 12.5 Å². The number of hydrogen-bond acceptors (Lipinski definition) is 1. The predicted octanol–water partition coefficient (Wildman–Crippen LogP) is 3.15. The molecule has 1 saturated heterocycles. The molecule has 2 heteroatoms. The fraction of sp³-hybridized carbons (Fsp3) is 0.400. The molecular weight excluding hydrogens is 210 g/mol. The second-order valence-electron chi connectivity index (χ2n) is 4.17. The molecule has 1 aliphatic rings. The highest BCUT2D eigenvalue weighted by Gasteiger charge is 2.17. The van der Waals surface area contributed by atoms with E-state index in [4.69, 9.17) is 0 Å². The molecule has 0 radical (unpaired) electrons. The molecule has 1 atom stereocenters. The van der Waals surface area contributed by atoms with Crippen LogP contribution in [0, 0.1) is 5.92 Å². The largest absolute Gasteiger partial charge is 0.355 e. The zero-order valence-electron chi connectivity index (χ0n) is 10.5. The smallest absolute Gasteiger partial charge is 0.220 e. The van der Waals surface area contributed by atoms with Crippen molar-refractivity contribution in [1.82, 2.24) is 5.32 Å². The molecule has 0 saturated carbocycles. The van der Waals surface area contributed by atoms with Gasteiger partial charge in [-0.05, 0) is 25.3 Å². The Morgan fingerprint density at radius 3 is 2.94 bits per heavy atom. The molecule has 0 aliphatic carbocycles. The number of amides is 1. The second kappa shape index (κ2) is 7.66. The molecule has 0 spiro atoms. The summed E-state index contributed by atoms with van der Waals surface area (Å²) in [4.78, 5) is 11.3. The van der Waals surface area contributed by atoms with Gasteiger partial charge in [-0.2, -0.15) is 0 Å². The summed E-state index contributed by atoms with van der Waals surface area (Å²) in [6.45, 7) is 6.57. The average molecular weight is 231 g/mol. The number of allylic oxidation sites excluding steroid dienone is 6. The van der Waals surface area contributed by atoms with Crippen LogP contribution in [-0.2, 0) is 4.79 Å². The molecule has 0 aromatic rings. The molecule has 1 amide bonds. The minimum atomic E-state index is 0.167. The Morgan fingerprint density at radius 2 is 2.24 bits per heavy atom. The topological polar surface area (TPSA) is 29.1 Å². The predicted molar refractivity (Wildman–Crippen MR) is 72.6 cm³/mol. The molecular formula is C15H21NO. The summed E-state index contributed by atoms with van der Waals surface area (Å²) in [5.41, 5.74) is 1.20. The second-order valence-corrected chi connectivity index (χ2v) is 4.17. The molecule has 1 heterocycles. The van der Waals surface area contributed by atoms with Gasteiger partial charge in [-0.1, -0.05) is 43.0 Å². The van der Waals surface area contributed by atoms with Gasteiger partial charge in [0.25, 0.3) is 0 Å². The van der Waals surface area contributed by atoms with Crippen molar-refractivity contribution in [2.75, 3.05) is 6.54 Å². The highest BCUT2D eigenvalue weighted by molar-refractivity contribution is 5.76. The number of carbonyl (C=O) groups is 1. The lowest BCUT2D eigenvalue weighted by Gasteiger charge is -2.14. The summed E-state index contributed by atoms with van der Waals surface area (Å²) in [5.74, 6) is 0.564. The van der Waals surface area contributed by atoms with E-state index in [-0.39, 0.29) is 5.91 Å². The van der Waals surface area contributed by atoms with Crippen molar-refractivity contribution in [1.29, 1.82) is 0 Å². The molecule has 2 nitrogen and oxygen atoms in total. The van der Waals surface area contributed by atoms with E-state index in [0.29, 0.717) is 12.3 Å². The third-order valence-corrected chi connectivity index (χ3v) is 2.91. The van der Waals surface area contributed by atoms with Crippen LogP contribution in [0.1, 0.15) is 26.2 Å². The fourth-order valence-electron chi connectivity index (χ4n) is 1.93. The van der Waals surface area contributed by atoms with Gasteiger partial charge in [0.2, 0.25) is 5.91 Å². The molecule has 0 aromatic heterocycles. The Labute approximate surface area is 104 Å². The first-order valence-corrected chi connectivity index (χ1v) is 6.16. The Morgan fingerprint density at radius 1 is 1.41 bits per heavy atom. The van der Waals surface area contributed by atoms with E-state index in [1.807, 2.05) is 37.3 Å². The van der Waals surface area contributed by atoms with Crippen molar-refractivity contribution < 1.29 is 4.79 Å². The first-order chi connectivity index (χ1) is 8.27. The summed E-state index contributed by atoms with van der Waals surface area (Å²) in [5, 5.41) is 2.95. The Balaban J connectivity index is 2.65. The average Bonchev–Trinajstić information content (AvgIpc) is 2.55. The Hall–Kier alpha value is -1.57. The molecule has 0 unspecified atom stereocenters. The maximum absolute atomic E-state index is 11.3. The van der Waals surface area contributed by atoms with Crippen LogP contribution < -0.4 is 5.32 Å². The molecule has 0 aromatic carbocycles. The van der Waals surface area contributed by atoms with Crippen LogP contribution in [0.25, 0.3) is 0 Å².